The Hall–Kier alpha value is -2.70. The predicted molar refractivity (Wildman–Crippen MR) is 96.2 cm³/mol. The summed E-state index contributed by atoms with van der Waals surface area (Å²) in [6.07, 6.45) is 3.05. The van der Waals surface area contributed by atoms with E-state index in [0.29, 0.717) is 32.1 Å². The maximum atomic E-state index is 12.8. The van der Waals surface area contributed by atoms with Crippen molar-refractivity contribution >= 4 is 21.2 Å². The highest BCUT2D eigenvalue weighted by atomic mass is 32.2. The van der Waals surface area contributed by atoms with Crippen molar-refractivity contribution in [2.24, 2.45) is 0 Å². The lowest BCUT2D eigenvalue weighted by Gasteiger charge is -2.33. The number of nitrogens with zero attached hydrogens (tertiary/aromatic N) is 5. The Morgan fingerprint density at radius 2 is 2.07 bits per heavy atom. The number of sulfone groups is 1. The van der Waals surface area contributed by atoms with Gasteiger partial charge in [0.15, 0.2) is 0 Å². The Labute approximate surface area is 164 Å². The molecule has 1 aromatic heterocycles. The molecule has 0 saturated carbocycles. The Bertz CT molecular complexity index is 1020. The molecule has 13 heteroatoms. The Morgan fingerprint density at radius 1 is 1.34 bits per heavy atom. The van der Waals surface area contributed by atoms with Gasteiger partial charge < -0.3 is 9.47 Å². The van der Waals surface area contributed by atoms with Crippen LogP contribution in [0, 0.1) is 10.1 Å². The zero-order chi connectivity index (χ0) is 21.4. The van der Waals surface area contributed by atoms with Gasteiger partial charge in [-0.3, -0.25) is 10.1 Å². The second kappa shape index (κ2) is 7.61. The third-order valence-electron chi connectivity index (χ3n) is 4.87. The van der Waals surface area contributed by atoms with Crippen LogP contribution in [0.4, 0.5) is 24.5 Å². The van der Waals surface area contributed by atoms with Crippen LogP contribution < -0.4 is 4.90 Å². The van der Waals surface area contributed by atoms with E-state index in [-0.39, 0.29) is 11.6 Å². The topological polar surface area (TPSA) is 111 Å². The molecule has 0 N–H and O–H groups in total. The molecule has 29 heavy (non-hydrogen) atoms. The Kier molecular flexibility index (Phi) is 5.52. The number of halogens is 3. The van der Waals surface area contributed by atoms with E-state index >= 15 is 0 Å². The molecule has 2 heterocycles. The van der Waals surface area contributed by atoms with E-state index in [1.165, 1.54) is 0 Å². The van der Waals surface area contributed by atoms with E-state index in [2.05, 4.69) is 10.2 Å². The summed E-state index contributed by atoms with van der Waals surface area (Å²) in [6.45, 7) is 3.38. The van der Waals surface area contributed by atoms with E-state index in [9.17, 15) is 31.7 Å². The fraction of sp³-hybridized carbons (Fsp3) is 0.500. The molecule has 0 bridgehead atoms. The summed E-state index contributed by atoms with van der Waals surface area (Å²) >= 11 is 0. The van der Waals surface area contributed by atoms with E-state index in [1.807, 2.05) is 11.5 Å². The van der Waals surface area contributed by atoms with Gasteiger partial charge in [-0.05, 0) is 31.9 Å². The van der Waals surface area contributed by atoms with Crippen LogP contribution in [0.15, 0.2) is 29.4 Å². The van der Waals surface area contributed by atoms with Gasteiger partial charge in [-0.25, -0.2) is 8.42 Å². The molecule has 0 spiro atoms. The van der Waals surface area contributed by atoms with Crippen LogP contribution in [0.5, 0.6) is 0 Å². The van der Waals surface area contributed by atoms with Crippen LogP contribution in [-0.4, -0.2) is 46.7 Å². The molecule has 1 aromatic carbocycles. The number of piperidine rings is 1. The van der Waals surface area contributed by atoms with E-state index in [4.69, 9.17) is 0 Å². The lowest BCUT2D eigenvalue weighted by molar-refractivity contribution is -0.384. The van der Waals surface area contributed by atoms with Crippen molar-refractivity contribution in [1.29, 1.82) is 0 Å². The molecule has 0 amide bonds. The van der Waals surface area contributed by atoms with Gasteiger partial charge in [-0.1, -0.05) is 0 Å². The van der Waals surface area contributed by atoms with Crippen LogP contribution in [0.25, 0.3) is 0 Å². The number of benzene rings is 1. The van der Waals surface area contributed by atoms with Crippen LogP contribution in [0.1, 0.15) is 31.5 Å². The van der Waals surface area contributed by atoms with Crippen molar-refractivity contribution in [3.63, 3.8) is 0 Å². The van der Waals surface area contributed by atoms with Gasteiger partial charge in [0.25, 0.3) is 15.5 Å². The van der Waals surface area contributed by atoms with Crippen molar-refractivity contribution in [3.05, 3.63) is 40.5 Å². The fourth-order valence-corrected chi connectivity index (χ4v) is 4.23. The smallest absolute Gasteiger partial charge is 0.365 e. The van der Waals surface area contributed by atoms with Gasteiger partial charge in [0.1, 0.15) is 17.8 Å². The van der Waals surface area contributed by atoms with Crippen LogP contribution in [-0.2, 0) is 16.4 Å². The largest absolute Gasteiger partial charge is 0.501 e. The first-order valence-electron chi connectivity index (χ1n) is 8.78. The second-order valence-corrected chi connectivity index (χ2v) is 8.56. The highest BCUT2D eigenvalue weighted by Gasteiger charge is 2.47. The summed E-state index contributed by atoms with van der Waals surface area (Å²) in [4.78, 5) is 11.1. The molecule has 0 aliphatic carbocycles. The third kappa shape index (κ3) is 3.91. The summed E-state index contributed by atoms with van der Waals surface area (Å²) in [7, 11) is -5.68. The number of hydrogen-bond acceptors (Lipinski definition) is 7. The van der Waals surface area contributed by atoms with Gasteiger partial charge in [0, 0.05) is 31.6 Å². The first-order chi connectivity index (χ1) is 13.6. The van der Waals surface area contributed by atoms with Crippen LogP contribution in [0.2, 0.25) is 0 Å². The summed E-state index contributed by atoms with van der Waals surface area (Å²) in [5, 5.41) is 19.5. The lowest BCUT2D eigenvalue weighted by Crippen LogP contribution is -2.35. The first-order valence-corrected chi connectivity index (χ1v) is 10.3. The standard InChI is InChI=1S/C16H18F3N5O4S/c1-2-22-10-20-21-15(22)11-4-3-7-23(9-11)13-6-5-12(8-14(13)24(25)26)29(27,28)16(17,18)19/h5-6,8,10-11H,2-4,7,9H2,1H3. The van der Waals surface area contributed by atoms with Gasteiger partial charge in [-0.15, -0.1) is 10.2 Å². The first kappa shape index (κ1) is 21.0. The molecule has 3 rings (SSSR count). The second-order valence-electron chi connectivity index (χ2n) is 6.62. The minimum Gasteiger partial charge on any atom is -0.365 e. The number of alkyl halides is 3. The summed E-state index contributed by atoms with van der Waals surface area (Å²) in [5.41, 5.74) is -6.15. The summed E-state index contributed by atoms with van der Waals surface area (Å²) in [5.74, 6) is 0.667. The number of nitro groups is 1. The molecule has 1 saturated heterocycles. The highest BCUT2D eigenvalue weighted by Crippen LogP contribution is 2.38. The predicted octanol–water partition coefficient (Wildman–Crippen LogP) is 2.88. The molecule has 1 aliphatic heterocycles. The molecular weight excluding hydrogens is 415 g/mol. The zero-order valence-electron chi connectivity index (χ0n) is 15.3. The molecule has 2 aromatic rings. The molecule has 1 unspecified atom stereocenters. The van der Waals surface area contributed by atoms with Crippen LogP contribution >= 0.6 is 0 Å². The lowest BCUT2D eigenvalue weighted by atomic mass is 9.96. The third-order valence-corrected chi connectivity index (χ3v) is 6.36. The van der Waals surface area contributed by atoms with Gasteiger partial charge >= 0.3 is 5.51 Å². The number of hydrogen-bond donors (Lipinski definition) is 0. The molecular formula is C16H18F3N5O4S. The van der Waals surface area contributed by atoms with E-state index in [0.717, 1.165) is 24.4 Å². The average molecular weight is 433 g/mol. The monoisotopic (exact) mass is 433 g/mol. The van der Waals surface area contributed by atoms with E-state index in [1.54, 1.807) is 11.2 Å². The van der Waals surface area contributed by atoms with Gasteiger partial charge in [0.05, 0.1) is 9.82 Å². The van der Waals surface area contributed by atoms with Gasteiger partial charge in [-0.2, -0.15) is 13.2 Å². The molecule has 158 valence electrons. The number of nitro benzene ring substituents is 1. The number of rotatable bonds is 5. The molecule has 0 radical (unpaired) electrons. The molecule has 9 nitrogen and oxygen atoms in total. The van der Waals surface area contributed by atoms with Crippen molar-refractivity contribution in [3.8, 4) is 0 Å². The maximum absolute atomic E-state index is 12.8. The summed E-state index contributed by atoms with van der Waals surface area (Å²) in [6, 6.07) is 2.28. The number of aromatic nitrogens is 3. The SMILES string of the molecule is CCn1cnnc1C1CCCN(c2ccc(S(=O)(=O)C(F)(F)F)cc2[N+](=O)[O-])C1. The molecule has 1 aliphatic rings. The average Bonchev–Trinajstić information content (AvgIpc) is 3.15. The Morgan fingerprint density at radius 3 is 2.69 bits per heavy atom. The fourth-order valence-electron chi connectivity index (χ4n) is 3.45. The maximum Gasteiger partial charge on any atom is 0.501 e. The van der Waals surface area contributed by atoms with E-state index < -0.39 is 30.9 Å². The molecule has 1 fully saturated rings. The molecule has 1 atom stereocenters. The minimum atomic E-state index is -5.68. The van der Waals surface area contributed by atoms with Crippen LogP contribution in [0.3, 0.4) is 0 Å². The quantitative estimate of drug-likeness (QED) is 0.526. The van der Waals surface area contributed by atoms with Crippen molar-refractivity contribution < 1.29 is 26.5 Å². The Balaban J connectivity index is 1.97. The minimum absolute atomic E-state index is 0.0654. The number of anilines is 1. The van der Waals surface area contributed by atoms with Gasteiger partial charge in [0.2, 0.25) is 0 Å². The van der Waals surface area contributed by atoms with Crippen molar-refractivity contribution in [2.75, 3.05) is 18.0 Å². The normalized spacial score (nSPS) is 18.1. The number of aryl methyl sites for hydroxylation is 1. The zero-order valence-corrected chi connectivity index (χ0v) is 16.1. The van der Waals surface area contributed by atoms with Crippen molar-refractivity contribution in [2.45, 2.75) is 42.6 Å². The highest BCUT2D eigenvalue weighted by molar-refractivity contribution is 7.92. The summed E-state index contributed by atoms with van der Waals surface area (Å²) < 4.78 is 63.5. The van der Waals surface area contributed by atoms with Crippen molar-refractivity contribution in [1.82, 2.24) is 14.8 Å².